The van der Waals surface area contributed by atoms with E-state index in [-0.39, 0.29) is 16.9 Å². The number of hydrogen-bond acceptors (Lipinski definition) is 4. The number of rotatable bonds is 5. The highest BCUT2D eigenvalue weighted by Gasteiger charge is 2.38. The van der Waals surface area contributed by atoms with Gasteiger partial charge in [0.05, 0.1) is 17.1 Å². The molecule has 4 rings (SSSR count). The smallest absolute Gasteiger partial charge is 0.267 e. The molecule has 3 aromatic carbocycles. The summed E-state index contributed by atoms with van der Waals surface area (Å²) in [4.78, 5) is 13.3. The van der Waals surface area contributed by atoms with E-state index < -0.39 is 22.0 Å². The summed E-state index contributed by atoms with van der Waals surface area (Å²) < 4.78 is 34.6. The molecule has 0 spiro atoms. The van der Waals surface area contributed by atoms with Gasteiger partial charge in [-0.3, -0.25) is 9.10 Å². The van der Waals surface area contributed by atoms with Gasteiger partial charge in [0.25, 0.3) is 15.9 Å². The fourth-order valence-electron chi connectivity index (χ4n) is 3.85. The third-order valence-electron chi connectivity index (χ3n) is 5.95. The van der Waals surface area contributed by atoms with Crippen LogP contribution in [0.25, 0.3) is 0 Å². The number of carbonyl (C=O) groups is 1. The second-order valence-corrected chi connectivity index (χ2v) is 11.3. The van der Waals surface area contributed by atoms with Gasteiger partial charge >= 0.3 is 0 Å². The molecule has 0 radical (unpaired) electrons. The second-order valence-electron chi connectivity index (χ2n) is 9.43. The lowest BCUT2D eigenvalue weighted by atomic mass is 9.86. The Morgan fingerprint density at radius 2 is 1.71 bits per heavy atom. The first kappa shape index (κ1) is 23.8. The van der Waals surface area contributed by atoms with Gasteiger partial charge in [-0.1, -0.05) is 64.1 Å². The summed E-state index contributed by atoms with van der Waals surface area (Å²) in [6, 6.07) is 21.3. The fourth-order valence-corrected chi connectivity index (χ4v) is 5.34. The van der Waals surface area contributed by atoms with Gasteiger partial charge in [0.2, 0.25) is 0 Å². The number of aryl methyl sites for hydroxylation is 1. The molecule has 0 aromatic heterocycles. The molecule has 0 bridgehead atoms. The van der Waals surface area contributed by atoms with Crippen molar-refractivity contribution in [3.63, 3.8) is 0 Å². The van der Waals surface area contributed by atoms with Gasteiger partial charge in [-0.05, 0) is 59.4 Å². The molecule has 1 N–H and O–H groups in total. The highest BCUT2D eigenvalue weighted by molar-refractivity contribution is 7.92. The van der Waals surface area contributed by atoms with Crippen LogP contribution in [0.4, 0.5) is 11.4 Å². The van der Waals surface area contributed by atoms with Crippen LogP contribution in [0.1, 0.15) is 38.8 Å². The van der Waals surface area contributed by atoms with Gasteiger partial charge in [-0.2, -0.15) is 0 Å². The minimum Gasteiger partial charge on any atom is -0.476 e. The summed E-state index contributed by atoms with van der Waals surface area (Å²) in [6.45, 7) is 8.13. The summed E-state index contributed by atoms with van der Waals surface area (Å²) in [5.74, 6) is -0.0386. The first-order valence-corrected chi connectivity index (χ1v) is 12.8. The normalized spacial score (nSPS) is 15.9. The fraction of sp³-hybridized carbons (Fsp3) is 0.296. The Hall–Kier alpha value is -3.32. The van der Waals surface area contributed by atoms with E-state index in [2.05, 4.69) is 33.0 Å². The Bertz CT molecular complexity index is 1280. The van der Waals surface area contributed by atoms with Crippen molar-refractivity contribution in [2.45, 2.75) is 50.5 Å². The van der Waals surface area contributed by atoms with Crippen LogP contribution in [0.3, 0.4) is 0 Å². The van der Waals surface area contributed by atoms with Crippen molar-refractivity contribution >= 4 is 27.3 Å². The molecule has 1 heterocycles. The molecule has 6 nitrogen and oxygen atoms in total. The number of hydrogen-bond donors (Lipinski definition) is 1. The standard InChI is InChI=1S/C27H30N2O4S/c1-5-19-11-14-21(15-12-19)28-26(30)25-18-29(34(31,32)22-9-7-6-8-10-22)23-17-20(27(2,3)4)13-16-24(23)33-25/h6-17,25H,5,18H2,1-4H3,(H,28,30)/t25-/m0/s1. The first-order valence-electron chi connectivity index (χ1n) is 11.4. The van der Waals surface area contributed by atoms with Crippen molar-refractivity contribution in [2.75, 3.05) is 16.2 Å². The second kappa shape index (κ2) is 9.14. The average molecular weight is 479 g/mol. The molecule has 0 saturated heterocycles. The van der Waals surface area contributed by atoms with Crippen molar-refractivity contribution in [3.05, 3.63) is 83.9 Å². The van der Waals surface area contributed by atoms with Crippen LogP contribution in [0.15, 0.2) is 77.7 Å². The molecule has 7 heteroatoms. The third-order valence-corrected chi connectivity index (χ3v) is 7.74. The molecular weight excluding hydrogens is 448 g/mol. The average Bonchev–Trinajstić information content (AvgIpc) is 2.83. The zero-order chi connectivity index (χ0) is 24.5. The number of ether oxygens (including phenoxy) is 1. The molecule has 3 aromatic rings. The van der Waals surface area contributed by atoms with Crippen molar-refractivity contribution in [2.24, 2.45) is 0 Å². The zero-order valence-corrected chi connectivity index (χ0v) is 20.7. The Labute approximate surface area is 201 Å². The van der Waals surface area contributed by atoms with E-state index in [1.165, 1.54) is 4.31 Å². The maximum absolute atomic E-state index is 13.6. The van der Waals surface area contributed by atoms with Crippen LogP contribution >= 0.6 is 0 Å². The molecule has 1 aliphatic rings. The first-order chi connectivity index (χ1) is 16.1. The van der Waals surface area contributed by atoms with E-state index in [9.17, 15) is 13.2 Å². The molecule has 1 atom stereocenters. The molecule has 0 saturated carbocycles. The summed E-state index contributed by atoms with van der Waals surface area (Å²) in [7, 11) is -3.91. The number of anilines is 2. The van der Waals surface area contributed by atoms with Crippen molar-refractivity contribution in [3.8, 4) is 5.75 Å². The summed E-state index contributed by atoms with van der Waals surface area (Å²) >= 11 is 0. The van der Waals surface area contributed by atoms with E-state index in [0.29, 0.717) is 17.1 Å². The maximum Gasteiger partial charge on any atom is 0.267 e. The minimum atomic E-state index is -3.91. The molecule has 1 amide bonds. The highest BCUT2D eigenvalue weighted by Crippen LogP contribution is 2.40. The largest absolute Gasteiger partial charge is 0.476 e. The highest BCUT2D eigenvalue weighted by atomic mass is 32.2. The maximum atomic E-state index is 13.6. The topological polar surface area (TPSA) is 75.7 Å². The number of nitrogens with one attached hydrogen (secondary N) is 1. The lowest BCUT2D eigenvalue weighted by Crippen LogP contribution is -2.49. The van der Waals surface area contributed by atoms with Crippen LogP contribution in [0.5, 0.6) is 5.75 Å². The minimum absolute atomic E-state index is 0.128. The van der Waals surface area contributed by atoms with E-state index in [0.717, 1.165) is 17.5 Å². The Kier molecular flexibility index (Phi) is 6.41. The number of sulfonamides is 1. The number of fused-ring (bicyclic) bond motifs is 1. The Morgan fingerprint density at radius 3 is 2.32 bits per heavy atom. The van der Waals surface area contributed by atoms with E-state index in [4.69, 9.17) is 4.74 Å². The monoisotopic (exact) mass is 478 g/mol. The summed E-state index contributed by atoms with van der Waals surface area (Å²) in [5.41, 5.74) is 3.03. The SMILES string of the molecule is CCc1ccc(NC(=O)[C@@H]2CN(S(=O)(=O)c3ccccc3)c3cc(C(C)(C)C)ccc3O2)cc1. The van der Waals surface area contributed by atoms with Crippen LogP contribution < -0.4 is 14.4 Å². The van der Waals surface area contributed by atoms with Gasteiger partial charge in [0, 0.05) is 5.69 Å². The lowest BCUT2D eigenvalue weighted by Gasteiger charge is -2.36. The summed E-state index contributed by atoms with van der Waals surface area (Å²) in [6.07, 6.45) is -0.100. The van der Waals surface area contributed by atoms with Crippen molar-refractivity contribution in [1.82, 2.24) is 0 Å². The number of carbonyl (C=O) groups excluding carboxylic acids is 1. The zero-order valence-electron chi connectivity index (χ0n) is 19.9. The van der Waals surface area contributed by atoms with Crippen LogP contribution in [0.2, 0.25) is 0 Å². The Balaban J connectivity index is 1.71. The van der Waals surface area contributed by atoms with Gasteiger partial charge in [0.15, 0.2) is 6.10 Å². The van der Waals surface area contributed by atoms with Crippen molar-refractivity contribution in [1.29, 1.82) is 0 Å². The Morgan fingerprint density at radius 1 is 1.03 bits per heavy atom. The van der Waals surface area contributed by atoms with Gasteiger partial charge < -0.3 is 10.1 Å². The number of benzene rings is 3. The molecule has 0 fully saturated rings. The van der Waals surface area contributed by atoms with Gasteiger partial charge in [-0.15, -0.1) is 0 Å². The van der Waals surface area contributed by atoms with Crippen LogP contribution in [-0.4, -0.2) is 27.0 Å². The molecule has 34 heavy (non-hydrogen) atoms. The molecule has 0 unspecified atom stereocenters. The third kappa shape index (κ3) is 4.80. The number of nitrogens with zero attached hydrogens (tertiary/aromatic N) is 1. The molecule has 1 aliphatic heterocycles. The lowest BCUT2D eigenvalue weighted by molar-refractivity contribution is -0.122. The predicted molar refractivity (Wildman–Crippen MR) is 135 cm³/mol. The van der Waals surface area contributed by atoms with Gasteiger partial charge in [0.1, 0.15) is 5.75 Å². The van der Waals surface area contributed by atoms with Crippen LogP contribution in [0, 0.1) is 0 Å². The molecule has 0 aliphatic carbocycles. The summed E-state index contributed by atoms with van der Waals surface area (Å²) in [5, 5.41) is 2.86. The van der Waals surface area contributed by atoms with E-state index in [1.54, 1.807) is 36.4 Å². The van der Waals surface area contributed by atoms with E-state index in [1.807, 2.05) is 36.4 Å². The molecular formula is C27H30N2O4S. The van der Waals surface area contributed by atoms with Gasteiger partial charge in [-0.25, -0.2) is 8.42 Å². The number of amides is 1. The van der Waals surface area contributed by atoms with E-state index >= 15 is 0 Å². The molecule has 178 valence electrons. The quantitative estimate of drug-likeness (QED) is 0.551. The van der Waals surface area contributed by atoms with Crippen molar-refractivity contribution < 1.29 is 17.9 Å². The van der Waals surface area contributed by atoms with Crippen LogP contribution in [-0.2, 0) is 26.7 Å². The predicted octanol–water partition coefficient (Wildman–Crippen LogP) is 5.14.